The van der Waals surface area contributed by atoms with Gasteiger partial charge in [-0.3, -0.25) is 4.90 Å². The first-order valence-electron chi connectivity index (χ1n) is 7.74. The van der Waals surface area contributed by atoms with Crippen molar-refractivity contribution in [1.82, 2.24) is 19.9 Å². The van der Waals surface area contributed by atoms with Crippen LogP contribution in [-0.4, -0.2) is 45.1 Å². The maximum atomic E-state index is 14.1. The SMILES string of the molecule is Nc1nc(OCC23CCCN2CCC3)nc2c(F)c(Cl)ncc12. The van der Waals surface area contributed by atoms with Gasteiger partial charge in [0.25, 0.3) is 0 Å². The van der Waals surface area contributed by atoms with Gasteiger partial charge in [0.15, 0.2) is 11.0 Å². The van der Waals surface area contributed by atoms with Gasteiger partial charge in [-0.1, -0.05) is 11.6 Å². The van der Waals surface area contributed by atoms with Crippen molar-refractivity contribution < 1.29 is 9.13 Å². The van der Waals surface area contributed by atoms with Crippen LogP contribution in [-0.2, 0) is 0 Å². The van der Waals surface area contributed by atoms with Crippen LogP contribution in [0.15, 0.2) is 6.20 Å². The van der Waals surface area contributed by atoms with E-state index in [2.05, 4.69) is 19.9 Å². The number of hydrogen-bond acceptors (Lipinski definition) is 6. The topological polar surface area (TPSA) is 77.2 Å². The lowest BCUT2D eigenvalue weighted by atomic mass is 9.95. The van der Waals surface area contributed by atoms with E-state index in [1.54, 1.807) is 0 Å². The van der Waals surface area contributed by atoms with Crippen LogP contribution in [0.5, 0.6) is 6.01 Å². The van der Waals surface area contributed by atoms with Crippen LogP contribution in [0, 0.1) is 5.82 Å². The van der Waals surface area contributed by atoms with Gasteiger partial charge in [-0.2, -0.15) is 9.97 Å². The van der Waals surface area contributed by atoms with E-state index in [0.29, 0.717) is 12.0 Å². The largest absolute Gasteiger partial charge is 0.461 e. The van der Waals surface area contributed by atoms with E-state index in [1.165, 1.54) is 19.0 Å². The quantitative estimate of drug-likeness (QED) is 0.867. The van der Waals surface area contributed by atoms with Crippen molar-refractivity contribution in [2.24, 2.45) is 0 Å². The summed E-state index contributed by atoms with van der Waals surface area (Å²) in [5, 5.41) is 0.0960. The summed E-state index contributed by atoms with van der Waals surface area (Å²) in [5.41, 5.74) is 5.99. The zero-order valence-corrected chi connectivity index (χ0v) is 13.3. The molecule has 0 radical (unpaired) electrons. The first kappa shape index (κ1) is 14.8. The van der Waals surface area contributed by atoms with E-state index in [0.717, 1.165) is 25.9 Å². The van der Waals surface area contributed by atoms with Gasteiger partial charge in [-0.15, -0.1) is 0 Å². The number of aromatic nitrogens is 3. The second-order valence-electron chi connectivity index (χ2n) is 6.22. The number of nitrogen functional groups attached to an aromatic ring is 1. The molecule has 23 heavy (non-hydrogen) atoms. The van der Waals surface area contributed by atoms with E-state index in [1.807, 2.05) is 0 Å². The number of pyridine rings is 1. The lowest BCUT2D eigenvalue weighted by Crippen LogP contribution is -2.43. The molecule has 0 amide bonds. The molecule has 8 heteroatoms. The van der Waals surface area contributed by atoms with Gasteiger partial charge in [0, 0.05) is 6.20 Å². The Balaban J connectivity index is 1.63. The summed E-state index contributed by atoms with van der Waals surface area (Å²) in [5.74, 6) is -0.565. The average molecular weight is 338 g/mol. The number of nitrogens with two attached hydrogens (primary N) is 1. The Kier molecular flexibility index (Phi) is 3.50. The lowest BCUT2D eigenvalue weighted by Gasteiger charge is -2.31. The summed E-state index contributed by atoms with van der Waals surface area (Å²) in [7, 11) is 0. The summed E-state index contributed by atoms with van der Waals surface area (Å²) < 4.78 is 19.9. The minimum absolute atomic E-state index is 0.0414. The fourth-order valence-electron chi connectivity index (χ4n) is 3.76. The molecule has 0 aliphatic carbocycles. The smallest absolute Gasteiger partial charge is 0.319 e. The number of rotatable bonds is 3. The van der Waals surface area contributed by atoms with Crippen molar-refractivity contribution in [2.75, 3.05) is 25.4 Å². The Labute approximate surface area is 137 Å². The molecule has 2 aromatic rings. The Morgan fingerprint density at radius 2 is 2.04 bits per heavy atom. The van der Waals surface area contributed by atoms with Crippen LogP contribution in [0.4, 0.5) is 10.2 Å². The third-order valence-corrected chi connectivity index (χ3v) is 5.20. The molecule has 2 aromatic heterocycles. The molecule has 0 unspecified atom stereocenters. The molecule has 0 bridgehead atoms. The van der Waals surface area contributed by atoms with Crippen LogP contribution in [0.2, 0.25) is 5.15 Å². The summed E-state index contributed by atoms with van der Waals surface area (Å²) in [6, 6.07) is 0.0873. The second-order valence-corrected chi connectivity index (χ2v) is 6.58. The van der Waals surface area contributed by atoms with Gasteiger partial charge in [-0.05, 0) is 38.8 Å². The molecule has 0 aromatic carbocycles. The highest BCUT2D eigenvalue weighted by Crippen LogP contribution is 2.39. The van der Waals surface area contributed by atoms with Gasteiger partial charge in [0.05, 0.1) is 10.9 Å². The Bertz CT molecular complexity index is 761. The van der Waals surface area contributed by atoms with Crippen LogP contribution in [0.3, 0.4) is 0 Å². The van der Waals surface area contributed by atoms with E-state index in [-0.39, 0.29) is 28.0 Å². The van der Waals surface area contributed by atoms with Gasteiger partial charge < -0.3 is 10.5 Å². The summed E-state index contributed by atoms with van der Waals surface area (Å²) in [6.45, 7) is 2.72. The molecular weight excluding hydrogens is 321 g/mol. The van der Waals surface area contributed by atoms with Crippen LogP contribution >= 0.6 is 11.6 Å². The van der Waals surface area contributed by atoms with Gasteiger partial charge >= 0.3 is 6.01 Å². The van der Waals surface area contributed by atoms with E-state index >= 15 is 0 Å². The van der Waals surface area contributed by atoms with Gasteiger partial charge in [0.1, 0.15) is 17.9 Å². The van der Waals surface area contributed by atoms with Crippen molar-refractivity contribution in [1.29, 1.82) is 0 Å². The molecule has 2 aliphatic rings. The molecule has 0 spiro atoms. The van der Waals surface area contributed by atoms with E-state index < -0.39 is 5.82 Å². The molecule has 122 valence electrons. The Morgan fingerprint density at radius 1 is 1.30 bits per heavy atom. The zero-order chi connectivity index (χ0) is 16.0. The first-order valence-corrected chi connectivity index (χ1v) is 8.12. The minimum Gasteiger partial charge on any atom is -0.461 e. The number of fused-ring (bicyclic) bond motifs is 2. The monoisotopic (exact) mass is 337 g/mol. The van der Waals surface area contributed by atoms with E-state index in [4.69, 9.17) is 22.1 Å². The molecule has 2 N–H and O–H groups in total. The van der Waals surface area contributed by atoms with Gasteiger partial charge in [-0.25, -0.2) is 9.37 Å². The molecule has 4 heterocycles. The van der Waals surface area contributed by atoms with Crippen molar-refractivity contribution in [2.45, 2.75) is 31.2 Å². The lowest BCUT2D eigenvalue weighted by molar-refractivity contribution is 0.108. The van der Waals surface area contributed by atoms with Crippen molar-refractivity contribution >= 4 is 28.3 Å². The molecule has 4 rings (SSSR count). The predicted molar refractivity (Wildman–Crippen MR) is 85.0 cm³/mol. The molecule has 0 saturated carbocycles. The number of ether oxygens (including phenoxy) is 1. The molecule has 2 fully saturated rings. The fourth-order valence-corrected chi connectivity index (χ4v) is 3.90. The molecule has 6 nitrogen and oxygen atoms in total. The molecule has 0 atom stereocenters. The molecular formula is C15H17ClFN5O. The van der Waals surface area contributed by atoms with Crippen LogP contribution in [0.25, 0.3) is 10.9 Å². The van der Waals surface area contributed by atoms with Crippen molar-refractivity contribution in [3.63, 3.8) is 0 Å². The van der Waals surface area contributed by atoms with Crippen LogP contribution in [0.1, 0.15) is 25.7 Å². The zero-order valence-electron chi connectivity index (χ0n) is 12.6. The van der Waals surface area contributed by atoms with Crippen molar-refractivity contribution in [3.8, 4) is 6.01 Å². The Morgan fingerprint density at radius 3 is 2.78 bits per heavy atom. The maximum absolute atomic E-state index is 14.1. The summed E-state index contributed by atoms with van der Waals surface area (Å²) in [4.78, 5) is 14.5. The van der Waals surface area contributed by atoms with Gasteiger partial charge in [0.2, 0.25) is 0 Å². The minimum atomic E-state index is -0.704. The highest BCUT2D eigenvalue weighted by molar-refractivity contribution is 6.30. The summed E-state index contributed by atoms with van der Waals surface area (Å²) >= 11 is 5.71. The number of anilines is 1. The first-order chi connectivity index (χ1) is 11.1. The Hall–Kier alpha value is -1.73. The standard InChI is InChI=1S/C15H17ClFN5O/c16-12-10(17)11-9(7-19-12)13(18)21-14(20-11)23-8-15-3-1-5-22(15)6-2-4-15/h7H,1-6,8H2,(H2,18,20,21). The highest BCUT2D eigenvalue weighted by atomic mass is 35.5. The predicted octanol–water partition coefficient (Wildman–Crippen LogP) is 2.41. The second kappa shape index (κ2) is 5.42. The van der Waals surface area contributed by atoms with E-state index in [9.17, 15) is 4.39 Å². The fraction of sp³-hybridized carbons (Fsp3) is 0.533. The number of nitrogens with zero attached hydrogens (tertiary/aromatic N) is 4. The number of halogens is 2. The summed E-state index contributed by atoms with van der Waals surface area (Å²) in [6.07, 6.45) is 5.95. The van der Waals surface area contributed by atoms with Crippen LogP contribution < -0.4 is 10.5 Å². The molecule has 2 saturated heterocycles. The average Bonchev–Trinajstić information content (AvgIpc) is 3.09. The highest BCUT2D eigenvalue weighted by Gasteiger charge is 2.45. The third kappa shape index (κ3) is 2.38. The van der Waals surface area contributed by atoms with Crippen molar-refractivity contribution in [3.05, 3.63) is 17.2 Å². The number of hydrogen-bond donors (Lipinski definition) is 1. The normalized spacial score (nSPS) is 20.1. The maximum Gasteiger partial charge on any atom is 0.319 e. The molecule has 2 aliphatic heterocycles. The third-order valence-electron chi connectivity index (χ3n) is 4.93.